The quantitative estimate of drug-likeness (QED) is 0.925. The second-order valence-corrected chi connectivity index (χ2v) is 6.46. The van der Waals surface area contributed by atoms with E-state index in [-0.39, 0.29) is 11.6 Å². The number of halogens is 2. The van der Waals surface area contributed by atoms with Crippen LogP contribution in [0.5, 0.6) is 0 Å². The number of urea groups is 1. The topological polar surface area (TPSA) is 50.2 Å². The Kier molecular flexibility index (Phi) is 5.01. The fraction of sp³-hybridized carbons (Fsp3) is 0.444. The molecule has 1 atom stereocenters. The Bertz CT molecular complexity index is 753. The predicted octanol–water partition coefficient (Wildman–Crippen LogP) is 3.35. The van der Waals surface area contributed by atoms with Crippen LogP contribution in [0.15, 0.2) is 30.5 Å². The number of piperidine rings is 1. The molecule has 0 saturated carbocycles. The lowest BCUT2D eigenvalue weighted by Gasteiger charge is -2.33. The van der Waals surface area contributed by atoms with E-state index in [0.717, 1.165) is 18.9 Å². The highest BCUT2D eigenvalue weighted by molar-refractivity contribution is 5.74. The van der Waals surface area contributed by atoms with Crippen molar-refractivity contribution in [2.24, 2.45) is 7.05 Å². The molecule has 2 amide bonds. The highest BCUT2D eigenvalue weighted by Gasteiger charge is 2.26. The molecule has 1 saturated heterocycles. The molecule has 0 spiro atoms. The van der Waals surface area contributed by atoms with Crippen LogP contribution in [0.3, 0.4) is 0 Å². The molecule has 1 N–H and O–H groups in total. The molecule has 3 rings (SSSR count). The number of benzene rings is 1. The zero-order valence-corrected chi connectivity index (χ0v) is 14.4. The highest BCUT2D eigenvalue weighted by Crippen LogP contribution is 2.27. The standard InChI is InChI=1S/C18H22F2N4O/c1-12(14-4-3-5-15(19)17(14)20)22-18(25)24-10-7-13(8-11-24)16-6-9-21-23(16)2/h3-6,9,12-13H,7-8,10-11H2,1-2H3,(H,22,25). The van der Waals surface area contributed by atoms with Crippen LogP contribution < -0.4 is 5.32 Å². The van der Waals surface area contributed by atoms with Gasteiger partial charge in [-0.1, -0.05) is 12.1 Å². The molecular weight excluding hydrogens is 326 g/mol. The lowest BCUT2D eigenvalue weighted by Crippen LogP contribution is -2.45. The van der Waals surface area contributed by atoms with E-state index >= 15 is 0 Å². The molecule has 1 aromatic heterocycles. The van der Waals surface area contributed by atoms with Gasteiger partial charge in [-0.15, -0.1) is 0 Å². The van der Waals surface area contributed by atoms with Crippen LogP contribution in [0.2, 0.25) is 0 Å². The summed E-state index contributed by atoms with van der Waals surface area (Å²) < 4.78 is 29.0. The van der Waals surface area contributed by atoms with Crippen LogP contribution in [-0.2, 0) is 7.05 Å². The third kappa shape index (κ3) is 3.65. The van der Waals surface area contributed by atoms with Gasteiger partial charge in [0.2, 0.25) is 0 Å². The molecular formula is C18H22F2N4O. The maximum atomic E-state index is 13.8. The van der Waals surface area contributed by atoms with Crippen molar-refractivity contribution in [1.82, 2.24) is 20.0 Å². The van der Waals surface area contributed by atoms with Gasteiger partial charge in [0.1, 0.15) is 0 Å². The summed E-state index contributed by atoms with van der Waals surface area (Å²) in [5.74, 6) is -1.43. The van der Waals surface area contributed by atoms with Crippen molar-refractivity contribution in [2.75, 3.05) is 13.1 Å². The van der Waals surface area contributed by atoms with Crippen molar-refractivity contribution in [1.29, 1.82) is 0 Å². The van der Waals surface area contributed by atoms with Crippen molar-refractivity contribution in [3.8, 4) is 0 Å². The predicted molar refractivity (Wildman–Crippen MR) is 90.1 cm³/mol. The number of nitrogens with zero attached hydrogens (tertiary/aromatic N) is 3. The van der Waals surface area contributed by atoms with Gasteiger partial charge in [-0.25, -0.2) is 13.6 Å². The summed E-state index contributed by atoms with van der Waals surface area (Å²) in [6, 6.07) is 5.15. The van der Waals surface area contributed by atoms with Crippen molar-refractivity contribution in [2.45, 2.75) is 31.7 Å². The average Bonchev–Trinajstić information content (AvgIpc) is 3.03. The zero-order chi connectivity index (χ0) is 18.0. The summed E-state index contributed by atoms with van der Waals surface area (Å²) in [5.41, 5.74) is 1.33. The van der Waals surface area contributed by atoms with Crippen molar-refractivity contribution in [3.63, 3.8) is 0 Å². The minimum Gasteiger partial charge on any atom is -0.331 e. The summed E-state index contributed by atoms with van der Waals surface area (Å²) in [6.07, 6.45) is 3.49. The highest BCUT2D eigenvalue weighted by atomic mass is 19.2. The zero-order valence-electron chi connectivity index (χ0n) is 14.4. The molecule has 0 radical (unpaired) electrons. The van der Waals surface area contributed by atoms with E-state index < -0.39 is 17.7 Å². The first-order chi connectivity index (χ1) is 12.0. The van der Waals surface area contributed by atoms with E-state index in [2.05, 4.69) is 10.4 Å². The number of hydrogen-bond acceptors (Lipinski definition) is 2. The molecule has 25 heavy (non-hydrogen) atoms. The van der Waals surface area contributed by atoms with Crippen molar-refractivity contribution >= 4 is 6.03 Å². The molecule has 5 nitrogen and oxygen atoms in total. The average molecular weight is 348 g/mol. The minimum atomic E-state index is -0.912. The fourth-order valence-electron chi connectivity index (χ4n) is 3.37. The largest absolute Gasteiger partial charge is 0.331 e. The number of hydrogen-bond donors (Lipinski definition) is 1. The molecule has 0 aliphatic carbocycles. The normalized spacial score (nSPS) is 16.7. The van der Waals surface area contributed by atoms with Crippen molar-refractivity contribution < 1.29 is 13.6 Å². The molecule has 1 unspecified atom stereocenters. The number of amides is 2. The lowest BCUT2D eigenvalue weighted by atomic mass is 9.93. The van der Waals surface area contributed by atoms with Gasteiger partial charge >= 0.3 is 6.03 Å². The van der Waals surface area contributed by atoms with E-state index in [1.54, 1.807) is 18.0 Å². The molecule has 1 aliphatic heterocycles. The van der Waals surface area contributed by atoms with Gasteiger partial charge in [0, 0.05) is 43.5 Å². The van der Waals surface area contributed by atoms with E-state index in [9.17, 15) is 13.6 Å². The summed E-state index contributed by atoms with van der Waals surface area (Å²) >= 11 is 0. The van der Waals surface area contributed by atoms with Crippen LogP contribution in [0.4, 0.5) is 13.6 Å². The van der Waals surface area contributed by atoms with Gasteiger partial charge < -0.3 is 10.2 Å². The SMILES string of the molecule is CC(NC(=O)N1CCC(c2ccnn2C)CC1)c1cccc(F)c1F. The number of likely N-dealkylation sites (tertiary alicyclic amines) is 1. The first-order valence-electron chi connectivity index (χ1n) is 8.44. The van der Waals surface area contributed by atoms with Gasteiger partial charge in [-0.2, -0.15) is 5.10 Å². The Morgan fingerprint density at radius 2 is 2.00 bits per heavy atom. The first kappa shape index (κ1) is 17.4. The van der Waals surface area contributed by atoms with Gasteiger partial charge in [-0.3, -0.25) is 4.68 Å². The monoisotopic (exact) mass is 348 g/mol. The second kappa shape index (κ2) is 7.21. The lowest BCUT2D eigenvalue weighted by molar-refractivity contribution is 0.177. The number of rotatable bonds is 3. The number of carbonyl (C=O) groups is 1. The Morgan fingerprint density at radius 1 is 1.28 bits per heavy atom. The Morgan fingerprint density at radius 3 is 2.64 bits per heavy atom. The van der Waals surface area contributed by atoms with Gasteiger partial charge in [0.15, 0.2) is 11.6 Å². The van der Waals surface area contributed by atoms with Gasteiger partial charge in [0.25, 0.3) is 0 Å². The van der Waals surface area contributed by atoms with Crippen LogP contribution in [0, 0.1) is 11.6 Å². The molecule has 134 valence electrons. The number of aromatic nitrogens is 2. The fourth-order valence-corrected chi connectivity index (χ4v) is 3.37. The first-order valence-corrected chi connectivity index (χ1v) is 8.44. The summed E-state index contributed by atoms with van der Waals surface area (Å²) in [5, 5.41) is 6.95. The van der Waals surface area contributed by atoms with Crippen LogP contribution >= 0.6 is 0 Å². The number of carbonyl (C=O) groups excluding carboxylic acids is 1. The van der Waals surface area contributed by atoms with Crippen molar-refractivity contribution in [3.05, 3.63) is 53.4 Å². The summed E-state index contributed by atoms with van der Waals surface area (Å²) in [6.45, 7) is 2.90. The molecule has 0 bridgehead atoms. The van der Waals surface area contributed by atoms with E-state index in [4.69, 9.17) is 0 Å². The van der Waals surface area contributed by atoms with Crippen LogP contribution in [0.25, 0.3) is 0 Å². The third-order valence-corrected chi connectivity index (χ3v) is 4.85. The maximum Gasteiger partial charge on any atom is 0.317 e. The van der Waals surface area contributed by atoms with E-state index in [1.165, 1.54) is 17.8 Å². The van der Waals surface area contributed by atoms with E-state index in [1.807, 2.05) is 17.8 Å². The molecule has 7 heteroatoms. The molecule has 1 aliphatic rings. The molecule has 2 aromatic rings. The second-order valence-electron chi connectivity index (χ2n) is 6.46. The maximum absolute atomic E-state index is 13.8. The smallest absolute Gasteiger partial charge is 0.317 e. The van der Waals surface area contributed by atoms with Gasteiger partial charge in [0.05, 0.1) is 6.04 Å². The molecule has 1 aromatic carbocycles. The van der Waals surface area contributed by atoms with E-state index in [0.29, 0.717) is 19.0 Å². The Hall–Kier alpha value is -2.44. The molecule has 2 heterocycles. The number of nitrogens with one attached hydrogen (secondary N) is 1. The minimum absolute atomic E-state index is 0.151. The Balaban J connectivity index is 1.58. The van der Waals surface area contributed by atoms with Gasteiger partial charge in [-0.05, 0) is 31.9 Å². The summed E-state index contributed by atoms with van der Waals surface area (Å²) in [4.78, 5) is 14.1. The Labute approximate surface area is 145 Å². The van der Waals surface area contributed by atoms with Crippen LogP contribution in [-0.4, -0.2) is 33.8 Å². The molecule has 1 fully saturated rings. The summed E-state index contributed by atoms with van der Waals surface area (Å²) in [7, 11) is 1.92. The number of aryl methyl sites for hydroxylation is 1. The van der Waals surface area contributed by atoms with Crippen LogP contribution in [0.1, 0.15) is 43.0 Å². The third-order valence-electron chi connectivity index (χ3n) is 4.85.